The Morgan fingerprint density at radius 1 is 1.50 bits per heavy atom. The summed E-state index contributed by atoms with van der Waals surface area (Å²) in [5.41, 5.74) is 0. The van der Waals surface area contributed by atoms with Crippen molar-refractivity contribution in [3.8, 4) is 0 Å². The van der Waals surface area contributed by atoms with E-state index >= 15 is 0 Å². The fourth-order valence-electron chi connectivity index (χ4n) is 1.32. The maximum Gasteiger partial charge on any atom is 1.00 e. The Morgan fingerprint density at radius 3 is 2.44 bits per heavy atom. The van der Waals surface area contributed by atoms with Gasteiger partial charge in [-0.25, -0.2) is 8.42 Å². The topological polar surface area (TPSA) is 101 Å². The minimum atomic E-state index is -4.31. The van der Waals surface area contributed by atoms with Crippen LogP contribution in [0.5, 0.6) is 0 Å². The van der Waals surface area contributed by atoms with E-state index in [1.54, 1.807) is 0 Å². The van der Waals surface area contributed by atoms with Crippen molar-refractivity contribution in [3.63, 3.8) is 0 Å². The van der Waals surface area contributed by atoms with E-state index in [-0.39, 0.29) is 38.1 Å². The zero-order valence-electron chi connectivity index (χ0n) is 9.13. The summed E-state index contributed by atoms with van der Waals surface area (Å²) in [6, 6.07) is 0. The SMILES string of the molecule is CC(CCC1CC(=O)OC1=O)S(=O)(=O)[O-].[Li+]. The van der Waals surface area contributed by atoms with Gasteiger partial charge in [0, 0.05) is 5.25 Å². The van der Waals surface area contributed by atoms with E-state index in [1.165, 1.54) is 6.92 Å². The molecule has 1 fully saturated rings. The first-order valence-corrected chi connectivity index (χ1v) is 5.97. The van der Waals surface area contributed by atoms with Gasteiger partial charge in [-0.2, -0.15) is 0 Å². The summed E-state index contributed by atoms with van der Waals surface area (Å²) in [6.45, 7) is 1.28. The van der Waals surface area contributed by atoms with Crippen molar-refractivity contribution in [1.82, 2.24) is 0 Å². The third-order valence-corrected chi connectivity index (χ3v) is 3.60. The van der Waals surface area contributed by atoms with Crippen molar-refractivity contribution >= 4 is 22.1 Å². The molecule has 0 aromatic carbocycles. The van der Waals surface area contributed by atoms with Crippen LogP contribution in [0.3, 0.4) is 0 Å². The third-order valence-electron chi connectivity index (χ3n) is 2.38. The molecule has 1 aliphatic rings. The summed E-state index contributed by atoms with van der Waals surface area (Å²) in [5.74, 6) is -1.82. The first kappa shape index (κ1) is 15.6. The van der Waals surface area contributed by atoms with Gasteiger partial charge in [-0.3, -0.25) is 9.59 Å². The molecule has 0 N–H and O–H groups in total. The fourth-order valence-corrected chi connectivity index (χ4v) is 1.75. The summed E-state index contributed by atoms with van der Waals surface area (Å²) in [6.07, 6.45) is 0.233. The summed E-state index contributed by atoms with van der Waals surface area (Å²) >= 11 is 0. The Balaban J connectivity index is 0.00000225. The summed E-state index contributed by atoms with van der Waals surface area (Å²) in [4.78, 5) is 21.7. The molecular weight excluding hydrogens is 231 g/mol. The molecule has 0 spiro atoms. The van der Waals surface area contributed by atoms with Crippen LogP contribution >= 0.6 is 0 Å². The zero-order chi connectivity index (χ0) is 11.6. The number of hydrogen-bond acceptors (Lipinski definition) is 6. The number of esters is 2. The van der Waals surface area contributed by atoms with E-state index in [2.05, 4.69) is 4.74 Å². The van der Waals surface area contributed by atoms with Gasteiger partial charge < -0.3 is 9.29 Å². The Bertz CT molecular complexity index is 376. The first-order chi connectivity index (χ1) is 6.80. The Morgan fingerprint density at radius 2 is 2.06 bits per heavy atom. The average molecular weight is 242 g/mol. The summed E-state index contributed by atoms with van der Waals surface area (Å²) in [7, 11) is -4.31. The van der Waals surface area contributed by atoms with Gasteiger partial charge in [-0.05, 0) is 19.8 Å². The van der Waals surface area contributed by atoms with Crippen molar-refractivity contribution in [1.29, 1.82) is 0 Å². The molecule has 8 heteroatoms. The molecule has 1 rings (SSSR count). The quantitative estimate of drug-likeness (QED) is 0.223. The molecule has 0 aromatic heterocycles. The molecule has 6 nitrogen and oxygen atoms in total. The number of ether oxygens (including phenoxy) is 1. The second-order valence-electron chi connectivity index (χ2n) is 3.57. The van der Waals surface area contributed by atoms with Crippen LogP contribution in [-0.2, 0) is 24.4 Å². The van der Waals surface area contributed by atoms with Crippen LogP contribution in [0.15, 0.2) is 0 Å². The average Bonchev–Trinajstić information content (AvgIpc) is 2.39. The van der Waals surface area contributed by atoms with Gasteiger partial charge in [-0.1, -0.05) is 0 Å². The molecule has 1 saturated heterocycles. The van der Waals surface area contributed by atoms with E-state index in [4.69, 9.17) is 0 Å². The first-order valence-electron chi connectivity index (χ1n) is 4.50. The Kier molecular flexibility index (Phi) is 5.69. The van der Waals surface area contributed by atoms with Crippen molar-refractivity contribution < 1.29 is 46.2 Å². The van der Waals surface area contributed by atoms with E-state index < -0.39 is 33.2 Å². The van der Waals surface area contributed by atoms with Gasteiger partial charge in [0.25, 0.3) is 0 Å². The van der Waals surface area contributed by atoms with E-state index in [1.807, 2.05) is 0 Å². The summed E-state index contributed by atoms with van der Waals surface area (Å²) in [5, 5.41) is -1.04. The van der Waals surface area contributed by atoms with Gasteiger partial charge in [0.2, 0.25) is 0 Å². The molecule has 0 amide bonds. The number of rotatable bonds is 4. The van der Waals surface area contributed by atoms with Crippen LogP contribution in [0.2, 0.25) is 0 Å². The van der Waals surface area contributed by atoms with E-state index in [0.717, 1.165) is 0 Å². The molecule has 0 saturated carbocycles. The number of carbonyl (C=O) groups is 2. The molecule has 0 radical (unpaired) electrons. The largest absolute Gasteiger partial charge is 1.00 e. The van der Waals surface area contributed by atoms with Crippen molar-refractivity contribution in [3.05, 3.63) is 0 Å². The number of carbonyl (C=O) groups excluding carboxylic acids is 2. The molecule has 86 valence electrons. The predicted octanol–water partition coefficient (Wildman–Crippen LogP) is -3.21. The molecule has 2 unspecified atom stereocenters. The van der Waals surface area contributed by atoms with E-state index in [0.29, 0.717) is 0 Å². The molecule has 1 heterocycles. The second-order valence-corrected chi connectivity index (χ2v) is 5.37. The molecule has 0 aromatic rings. The molecule has 0 bridgehead atoms. The normalized spacial score (nSPS) is 22.5. The number of cyclic esters (lactones) is 2. The van der Waals surface area contributed by atoms with Crippen LogP contribution < -0.4 is 18.9 Å². The Hall–Kier alpha value is -0.353. The smallest absolute Gasteiger partial charge is 0.748 e. The maximum atomic E-state index is 11.0. The van der Waals surface area contributed by atoms with Gasteiger partial charge in [0.1, 0.15) is 0 Å². The van der Waals surface area contributed by atoms with Gasteiger partial charge >= 0.3 is 30.8 Å². The minimum absolute atomic E-state index is 0. The molecule has 16 heavy (non-hydrogen) atoms. The third kappa shape index (κ3) is 4.26. The molecule has 2 atom stereocenters. The van der Waals surface area contributed by atoms with Crippen LogP contribution in [0.4, 0.5) is 0 Å². The maximum absolute atomic E-state index is 11.0. The number of hydrogen-bond donors (Lipinski definition) is 0. The monoisotopic (exact) mass is 242 g/mol. The molecular formula is C8H11LiO6S. The fraction of sp³-hybridized carbons (Fsp3) is 0.750. The zero-order valence-corrected chi connectivity index (χ0v) is 9.95. The minimum Gasteiger partial charge on any atom is -0.748 e. The van der Waals surface area contributed by atoms with E-state index in [9.17, 15) is 22.6 Å². The molecule has 1 aliphatic heterocycles. The standard InChI is InChI=1S/C8H12O6S.Li/c1-5(15(11,12)13)2-3-6-4-7(9)14-8(6)10;/h5-6H,2-4H2,1H3,(H,11,12,13);/q;+1/p-1. The van der Waals surface area contributed by atoms with Crippen molar-refractivity contribution in [2.75, 3.05) is 0 Å². The van der Waals surface area contributed by atoms with Crippen molar-refractivity contribution in [2.24, 2.45) is 5.92 Å². The Labute approximate surface area is 106 Å². The molecule has 0 aliphatic carbocycles. The van der Waals surface area contributed by atoms with Gasteiger partial charge in [0.05, 0.1) is 22.5 Å². The van der Waals surface area contributed by atoms with Crippen LogP contribution in [-0.4, -0.2) is 30.2 Å². The summed E-state index contributed by atoms with van der Waals surface area (Å²) < 4.78 is 35.9. The van der Waals surface area contributed by atoms with Gasteiger partial charge in [-0.15, -0.1) is 0 Å². The predicted molar refractivity (Wildman–Crippen MR) is 47.6 cm³/mol. The van der Waals surface area contributed by atoms with Crippen LogP contribution in [0, 0.1) is 5.92 Å². The second kappa shape index (κ2) is 5.82. The van der Waals surface area contributed by atoms with Crippen LogP contribution in [0.25, 0.3) is 0 Å². The van der Waals surface area contributed by atoms with Gasteiger partial charge in [0.15, 0.2) is 0 Å². The van der Waals surface area contributed by atoms with Crippen molar-refractivity contribution in [2.45, 2.75) is 31.4 Å². The van der Waals surface area contributed by atoms with Crippen LogP contribution in [0.1, 0.15) is 26.2 Å².